The van der Waals surface area contributed by atoms with E-state index in [9.17, 15) is 9.59 Å². The summed E-state index contributed by atoms with van der Waals surface area (Å²) in [6, 6.07) is 4.04. The lowest BCUT2D eigenvalue weighted by Crippen LogP contribution is -2.45. The predicted octanol–water partition coefficient (Wildman–Crippen LogP) is 1.90. The van der Waals surface area contributed by atoms with Crippen molar-refractivity contribution in [2.45, 2.75) is 19.9 Å². The largest absolute Gasteiger partial charge is 0.493 e. The molecule has 25 heavy (non-hydrogen) atoms. The number of carbonyl (C=O) groups excluding carboxylic acids is 2. The highest BCUT2D eigenvalue weighted by Gasteiger charge is 2.32. The maximum atomic E-state index is 12.3. The molecule has 0 fully saturated rings. The number of allylic oxidation sites excluding steroid dienone is 1. The van der Waals surface area contributed by atoms with Crippen LogP contribution in [0.15, 0.2) is 29.5 Å². The molecule has 1 aromatic carbocycles. The Balaban J connectivity index is 2.43. The third-order valence-corrected chi connectivity index (χ3v) is 3.60. The van der Waals surface area contributed by atoms with Crippen LogP contribution in [0.4, 0.5) is 4.79 Å². The molecule has 2 amide bonds. The van der Waals surface area contributed by atoms with Crippen LogP contribution in [-0.2, 0) is 9.53 Å². The minimum absolute atomic E-state index is 0.104. The molecular weight excluding hydrogens is 324 g/mol. The zero-order valence-corrected chi connectivity index (χ0v) is 14.3. The van der Waals surface area contributed by atoms with Crippen molar-refractivity contribution < 1.29 is 23.8 Å². The Kier molecular flexibility index (Phi) is 5.90. The van der Waals surface area contributed by atoms with Gasteiger partial charge in [0.05, 0.1) is 25.3 Å². The van der Waals surface area contributed by atoms with E-state index in [-0.39, 0.29) is 13.2 Å². The number of urea groups is 1. The van der Waals surface area contributed by atoms with E-state index in [2.05, 4.69) is 16.6 Å². The monoisotopic (exact) mass is 344 g/mol. The molecule has 0 aliphatic carbocycles. The molecule has 0 unspecified atom stereocenters. The van der Waals surface area contributed by atoms with Gasteiger partial charge in [-0.3, -0.25) is 0 Å². The van der Waals surface area contributed by atoms with Gasteiger partial charge in [-0.2, -0.15) is 0 Å². The first-order valence-corrected chi connectivity index (χ1v) is 7.71. The highest BCUT2D eigenvalue weighted by Crippen LogP contribution is 2.34. The summed E-state index contributed by atoms with van der Waals surface area (Å²) >= 11 is 0. The zero-order chi connectivity index (χ0) is 18.4. The van der Waals surface area contributed by atoms with Gasteiger partial charge in [-0.15, -0.1) is 6.42 Å². The Bertz CT molecular complexity index is 748. The summed E-state index contributed by atoms with van der Waals surface area (Å²) in [7, 11) is 1.50. The van der Waals surface area contributed by atoms with Crippen molar-refractivity contribution in [1.82, 2.24) is 10.6 Å². The van der Waals surface area contributed by atoms with Gasteiger partial charge in [0.25, 0.3) is 0 Å². The summed E-state index contributed by atoms with van der Waals surface area (Å²) in [5.74, 6) is 2.81. The molecule has 1 aliphatic rings. The van der Waals surface area contributed by atoms with Gasteiger partial charge in [0, 0.05) is 5.70 Å². The molecule has 132 valence electrons. The third-order valence-electron chi connectivity index (χ3n) is 3.60. The van der Waals surface area contributed by atoms with Gasteiger partial charge < -0.3 is 24.8 Å². The summed E-state index contributed by atoms with van der Waals surface area (Å²) in [5, 5.41) is 5.32. The van der Waals surface area contributed by atoms with Crippen LogP contribution >= 0.6 is 0 Å². The molecular formula is C18H20N2O5. The molecule has 2 rings (SSSR count). The SMILES string of the molecule is C#CCOc1ccc([C@@H]2NC(=O)NC(C)=C2C(=O)OCC)cc1OC. The van der Waals surface area contributed by atoms with E-state index < -0.39 is 18.0 Å². The van der Waals surface area contributed by atoms with Crippen LogP contribution in [0.3, 0.4) is 0 Å². The maximum Gasteiger partial charge on any atom is 0.338 e. The van der Waals surface area contributed by atoms with E-state index in [1.54, 1.807) is 32.0 Å². The second kappa shape index (κ2) is 8.11. The molecule has 1 aromatic rings. The first-order chi connectivity index (χ1) is 12.0. The lowest BCUT2D eigenvalue weighted by Gasteiger charge is -2.28. The van der Waals surface area contributed by atoms with Crippen LogP contribution in [0.2, 0.25) is 0 Å². The molecule has 1 aliphatic heterocycles. The van der Waals surface area contributed by atoms with E-state index in [0.717, 1.165) is 0 Å². The van der Waals surface area contributed by atoms with Crippen LogP contribution in [-0.4, -0.2) is 32.3 Å². The fourth-order valence-electron chi connectivity index (χ4n) is 2.53. The number of carbonyl (C=O) groups is 2. The molecule has 0 bridgehead atoms. The number of methoxy groups -OCH3 is 1. The van der Waals surface area contributed by atoms with Gasteiger partial charge in [-0.05, 0) is 31.5 Å². The Hall–Kier alpha value is -3.14. The molecule has 0 saturated heterocycles. The number of nitrogens with one attached hydrogen (secondary N) is 2. The molecule has 7 nitrogen and oxygen atoms in total. The van der Waals surface area contributed by atoms with Crippen LogP contribution in [0, 0.1) is 12.3 Å². The number of terminal acetylenes is 1. The lowest BCUT2D eigenvalue weighted by atomic mass is 9.95. The Labute approximate surface area is 146 Å². The predicted molar refractivity (Wildman–Crippen MR) is 91.1 cm³/mol. The summed E-state index contributed by atoms with van der Waals surface area (Å²) in [4.78, 5) is 24.2. The summed E-state index contributed by atoms with van der Waals surface area (Å²) < 4.78 is 15.8. The average molecular weight is 344 g/mol. The van der Waals surface area contributed by atoms with Crippen molar-refractivity contribution in [2.75, 3.05) is 20.3 Å². The van der Waals surface area contributed by atoms with Crippen molar-refractivity contribution in [1.29, 1.82) is 0 Å². The Morgan fingerprint density at radius 2 is 2.12 bits per heavy atom. The second-order valence-electron chi connectivity index (χ2n) is 5.19. The average Bonchev–Trinajstić information content (AvgIpc) is 2.59. The second-order valence-corrected chi connectivity index (χ2v) is 5.19. The summed E-state index contributed by atoms with van der Waals surface area (Å²) in [6.45, 7) is 3.71. The maximum absolute atomic E-state index is 12.3. The number of benzene rings is 1. The van der Waals surface area contributed by atoms with E-state index in [4.69, 9.17) is 20.6 Å². The van der Waals surface area contributed by atoms with Crippen molar-refractivity contribution >= 4 is 12.0 Å². The smallest absolute Gasteiger partial charge is 0.338 e. The molecule has 7 heteroatoms. The highest BCUT2D eigenvalue weighted by molar-refractivity contribution is 5.95. The normalized spacial score (nSPS) is 16.4. The van der Waals surface area contributed by atoms with Gasteiger partial charge in [-0.25, -0.2) is 9.59 Å². The number of rotatable bonds is 6. The third kappa shape index (κ3) is 4.04. The summed E-state index contributed by atoms with van der Waals surface area (Å²) in [5.41, 5.74) is 1.43. The van der Waals surface area contributed by atoms with Crippen molar-refractivity contribution in [3.8, 4) is 23.8 Å². The number of ether oxygens (including phenoxy) is 3. The Morgan fingerprint density at radius 1 is 1.36 bits per heavy atom. The number of hydrogen-bond donors (Lipinski definition) is 2. The van der Waals surface area contributed by atoms with Gasteiger partial charge in [0.2, 0.25) is 0 Å². The quantitative estimate of drug-likeness (QED) is 0.608. The number of hydrogen-bond acceptors (Lipinski definition) is 5. The molecule has 0 spiro atoms. The summed E-state index contributed by atoms with van der Waals surface area (Å²) in [6.07, 6.45) is 5.20. The van der Waals surface area contributed by atoms with Crippen molar-refractivity contribution in [3.63, 3.8) is 0 Å². The molecule has 0 radical (unpaired) electrons. The van der Waals surface area contributed by atoms with Crippen molar-refractivity contribution in [3.05, 3.63) is 35.0 Å². The molecule has 1 atom stereocenters. The zero-order valence-electron chi connectivity index (χ0n) is 14.3. The lowest BCUT2D eigenvalue weighted by molar-refractivity contribution is -0.139. The van der Waals surface area contributed by atoms with Crippen LogP contribution in [0.5, 0.6) is 11.5 Å². The fraction of sp³-hybridized carbons (Fsp3) is 0.333. The number of esters is 1. The van der Waals surface area contributed by atoms with Gasteiger partial charge in [-0.1, -0.05) is 12.0 Å². The Morgan fingerprint density at radius 3 is 2.76 bits per heavy atom. The van der Waals surface area contributed by atoms with Gasteiger partial charge >= 0.3 is 12.0 Å². The molecule has 0 aromatic heterocycles. The molecule has 0 saturated carbocycles. The van der Waals surface area contributed by atoms with E-state index in [1.165, 1.54) is 7.11 Å². The van der Waals surface area contributed by atoms with Crippen LogP contribution in [0.25, 0.3) is 0 Å². The van der Waals surface area contributed by atoms with E-state index in [1.807, 2.05) is 0 Å². The number of amides is 2. The van der Waals surface area contributed by atoms with E-state index >= 15 is 0 Å². The first-order valence-electron chi connectivity index (χ1n) is 7.71. The first kappa shape index (κ1) is 18.2. The molecule has 1 heterocycles. The van der Waals surface area contributed by atoms with E-state index in [0.29, 0.717) is 28.3 Å². The fourth-order valence-corrected chi connectivity index (χ4v) is 2.53. The van der Waals surface area contributed by atoms with Crippen LogP contribution < -0.4 is 20.1 Å². The van der Waals surface area contributed by atoms with Crippen LogP contribution in [0.1, 0.15) is 25.5 Å². The molecule has 2 N–H and O–H groups in total. The highest BCUT2D eigenvalue weighted by atomic mass is 16.5. The van der Waals surface area contributed by atoms with Gasteiger partial charge in [0.15, 0.2) is 11.5 Å². The minimum atomic E-state index is -0.664. The standard InChI is InChI=1S/C18H20N2O5/c1-5-9-25-13-8-7-12(10-14(13)23-4)16-15(17(21)24-6-2)11(3)19-18(22)20-16/h1,7-8,10,16H,6,9H2,2-4H3,(H2,19,20,22)/t16-/m0/s1. The topological polar surface area (TPSA) is 85.9 Å². The van der Waals surface area contributed by atoms with Gasteiger partial charge in [0.1, 0.15) is 6.61 Å². The minimum Gasteiger partial charge on any atom is -0.493 e. The van der Waals surface area contributed by atoms with Crippen molar-refractivity contribution in [2.24, 2.45) is 0 Å².